The molecule has 0 radical (unpaired) electrons. The highest BCUT2D eigenvalue weighted by molar-refractivity contribution is 7.22. The summed E-state index contributed by atoms with van der Waals surface area (Å²) >= 11 is 1.73. The molecule has 1 aliphatic rings. The molecule has 1 N–H and O–H groups in total. The van der Waals surface area contributed by atoms with Crippen LogP contribution in [0.3, 0.4) is 0 Å². The maximum Gasteiger partial charge on any atom is 0.225 e. The number of ether oxygens (including phenoxy) is 1. The average Bonchev–Trinajstić information content (AvgIpc) is 3.18. The molecule has 30 heavy (non-hydrogen) atoms. The highest BCUT2D eigenvalue weighted by Gasteiger charge is 2.27. The summed E-state index contributed by atoms with van der Waals surface area (Å²) in [5.41, 5.74) is 4.57. The van der Waals surface area contributed by atoms with E-state index in [-0.39, 0.29) is 11.8 Å². The third-order valence-corrected chi connectivity index (χ3v) is 6.67. The molecule has 1 atom stereocenters. The number of hydrogen-bond acceptors (Lipinski definition) is 5. The van der Waals surface area contributed by atoms with Gasteiger partial charge >= 0.3 is 0 Å². The minimum Gasteiger partial charge on any atom is -0.494 e. The van der Waals surface area contributed by atoms with Gasteiger partial charge in [0.25, 0.3) is 0 Å². The standard InChI is InChI=1S/C24H29N3O2S/c1-4-29-20-10-6-5-8-18(20)14-25-23(28)19-9-7-11-27(15-19)24-26-22-17(3)12-16(2)13-21(22)30-24/h5-6,8,10,12-13,19H,4,7,9,11,14-15H2,1-3H3,(H,25,28)/t19-/m0/s1. The van der Waals surface area contributed by atoms with Gasteiger partial charge in [0.05, 0.1) is 22.7 Å². The Hall–Kier alpha value is -2.60. The Labute approximate surface area is 182 Å². The summed E-state index contributed by atoms with van der Waals surface area (Å²) in [5, 5.41) is 4.15. The average molecular weight is 424 g/mol. The molecule has 0 spiro atoms. The fraction of sp³-hybridized carbons (Fsp3) is 0.417. The van der Waals surface area contributed by atoms with Gasteiger partial charge in [0, 0.05) is 25.2 Å². The highest BCUT2D eigenvalue weighted by Crippen LogP contribution is 2.33. The number of para-hydroxylation sites is 1. The van der Waals surface area contributed by atoms with E-state index in [1.54, 1.807) is 11.3 Å². The van der Waals surface area contributed by atoms with Gasteiger partial charge in [-0.25, -0.2) is 4.98 Å². The lowest BCUT2D eigenvalue weighted by atomic mass is 9.97. The Morgan fingerprint density at radius 2 is 2.13 bits per heavy atom. The van der Waals surface area contributed by atoms with E-state index >= 15 is 0 Å². The third kappa shape index (κ3) is 4.43. The molecule has 1 aromatic heterocycles. The predicted octanol–water partition coefficient (Wildman–Crippen LogP) is 4.84. The Morgan fingerprint density at radius 1 is 1.30 bits per heavy atom. The van der Waals surface area contributed by atoms with Crippen LogP contribution in [0.5, 0.6) is 5.75 Å². The number of amides is 1. The fourth-order valence-electron chi connectivity index (χ4n) is 4.13. The molecule has 0 bridgehead atoms. The Bertz CT molecular complexity index is 1050. The van der Waals surface area contributed by atoms with Crippen molar-refractivity contribution in [3.05, 3.63) is 53.1 Å². The van der Waals surface area contributed by atoms with Gasteiger partial charge in [0.2, 0.25) is 5.91 Å². The minimum absolute atomic E-state index is 0.0205. The summed E-state index contributed by atoms with van der Waals surface area (Å²) in [4.78, 5) is 20.1. The molecule has 6 heteroatoms. The first-order chi connectivity index (χ1) is 14.5. The van der Waals surface area contributed by atoms with E-state index in [4.69, 9.17) is 9.72 Å². The van der Waals surface area contributed by atoms with Crippen LogP contribution in [-0.4, -0.2) is 30.6 Å². The molecule has 0 saturated carbocycles. The molecule has 0 unspecified atom stereocenters. The van der Waals surface area contributed by atoms with Crippen LogP contribution in [0.1, 0.15) is 36.5 Å². The van der Waals surface area contributed by atoms with Crippen molar-refractivity contribution in [1.82, 2.24) is 10.3 Å². The number of rotatable bonds is 6. The summed E-state index contributed by atoms with van der Waals surface area (Å²) in [6.07, 6.45) is 1.92. The van der Waals surface area contributed by atoms with Gasteiger partial charge in [-0.1, -0.05) is 35.6 Å². The van der Waals surface area contributed by atoms with E-state index in [1.807, 2.05) is 31.2 Å². The number of nitrogens with zero attached hydrogens (tertiary/aromatic N) is 2. The molecule has 1 saturated heterocycles. The Kier molecular flexibility index (Phi) is 6.23. The van der Waals surface area contributed by atoms with E-state index in [0.29, 0.717) is 13.2 Å². The molecule has 1 aliphatic heterocycles. The van der Waals surface area contributed by atoms with Crippen molar-refractivity contribution in [3.63, 3.8) is 0 Å². The number of carbonyl (C=O) groups excluding carboxylic acids is 1. The number of carbonyl (C=O) groups is 1. The zero-order valence-corrected chi connectivity index (χ0v) is 18.7. The van der Waals surface area contributed by atoms with E-state index in [2.05, 4.69) is 36.2 Å². The van der Waals surface area contributed by atoms with Gasteiger partial charge in [0.1, 0.15) is 5.75 Å². The quantitative estimate of drug-likeness (QED) is 0.616. The molecule has 4 rings (SSSR count). The van der Waals surface area contributed by atoms with Crippen molar-refractivity contribution in [2.45, 2.75) is 40.2 Å². The van der Waals surface area contributed by atoms with Gasteiger partial charge in [-0.2, -0.15) is 0 Å². The Morgan fingerprint density at radius 3 is 2.97 bits per heavy atom. The lowest BCUT2D eigenvalue weighted by Gasteiger charge is -2.31. The molecule has 3 aromatic rings. The molecule has 2 heterocycles. The second kappa shape index (κ2) is 9.04. The van der Waals surface area contributed by atoms with Gasteiger partial charge < -0.3 is 15.0 Å². The zero-order valence-electron chi connectivity index (χ0n) is 17.9. The molecule has 2 aromatic carbocycles. The van der Waals surface area contributed by atoms with Gasteiger partial charge in [0.15, 0.2) is 5.13 Å². The maximum atomic E-state index is 12.9. The van der Waals surface area contributed by atoms with E-state index in [9.17, 15) is 4.79 Å². The maximum absolute atomic E-state index is 12.9. The van der Waals surface area contributed by atoms with Crippen molar-refractivity contribution >= 4 is 32.6 Å². The second-order valence-corrected chi connectivity index (χ2v) is 8.98. The van der Waals surface area contributed by atoms with Crippen molar-refractivity contribution in [2.24, 2.45) is 5.92 Å². The Balaban J connectivity index is 1.43. The first-order valence-electron chi connectivity index (χ1n) is 10.7. The number of nitrogens with one attached hydrogen (secondary N) is 1. The van der Waals surface area contributed by atoms with Gasteiger partial charge in [-0.05, 0) is 56.9 Å². The van der Waals surface area contributed by atoms with Crippen LogP contribution >= 0.6 is 11.3 Å². The van der Waals surface area contributed by atoms with Crippen molar-refractivity contribution < 1.29 is 9.53 Å². The van der Waals surface area contributed by atoms with Crippen molar-refractivity contribution in [1.29, 1.82) is 0 Å². The van der Waals surface area contributed by atoms with E-state index in [0.717, 1.165) is 47.9 Å². The van der Waals surface area contributed by atoms with Crippen LogP contribution in [0.2, 0.25) is 0 Å². The number of anilines is 1. The van der Waals surface area contributed by atoms with Crippen LogP contribution < -0.4 is 15.0 Å². The number of aromatic nitrogens is 1. The lowest BCUT2D eigenvalue weighted by molar-refractivity contribution is -0.125. The van der Waals surface area contributed by atoms with Crippen molar-refractivity contribution in [3.8, 4) is 5.75 Å². The zero-order chi connectivity index (χ0) is 21.1. The number of piperidine rings is 1. The van der Waals surface area contributed by atoms with E-state index in [1.165, 1.54) is 15.8 Å². The summed E-state index contributed by atoms with van der Waals surface area (Å²) in [6, 6.07) is 12.3. The first kappa shape index (κ1) is 20.7. The second-order valence-electron chi connectivity index (χ2n) is 7.97. The summed E-state index contributed by atoms with van der Waals surface area (Å²) in [5.74, 6) is 0.928. The number of thiazole rings is 1. The number of fused-ring (bicyclic) bond motifs is 1. The molecule has 5 nitrogen and oxygen atoms in total. The highest BCUT2D eigenvalue weighted by atomic mass is 32.1. The van der Waals surface area contributed by atoms with Crippen molar-refractivity contribution in [2.75, 3.05) is 24.6 Å². The van der Waals surface area contributed by atoms with Crippen LogP contribution in [-0.2, 0) is 11.3 Å². The van der Waals surface area contributed by atoms with Crippen LogP contribution in [0.4, 0.5) is 5.13 Å². The molecular formula is C24H29N3O2S. The summed E-state index contributed by atoms with van der Waals surface area (Å²) < 4.78 is 6.89. The molecule has 0 aliphatic carbocycles. The van der Waals surface area contributed by atoms with Crippen LogP contribution in [0.25, 0.3) is 10.2 Å². The SMILES string of the molecule is CCOc1ccccc1CNC(=O)[C@H]1CCCN(c2nc3c(C)cc(C)cc3s2)C1. The van der Waals surface area contributed by atoms with Gasteiger partial charge in [-0.15, -0.1) is 0 Å². The number of benzene rings is 2. The monoisotopic (exact) mass is 423 g/mol. The largest absolute Gasteiger partial charge is 0.494 e. The van der Waals surface area contributed by atoms with Gasteiger partial charge in [-0.3, -0.25) is 4.79 Å². The number of aryl methyl sites for hydroxylation is 2. The lowest BCUT2D eigenvalue weighted by Crippen LogP contribution is -2.43. The molecule has 1 fully saturated rings. The van der Waals surface area contributed by atoms with Crippen LogP contribution in [0, 0.1) is 19.8 Å². The normalized spacial score (nSPS) is 16.6. The van der Waals surface area contributed by atoms with Crippen LogP contribution in [0.15, 0.2) is 36.4 Å². The fourth-order valence-corrected chi connectivity index (χ4v) is 5.31. The summed E-state index contributed by atoms with van der Waals surface area (Å²) in [7, 11) is 0. The number of hydrogen-bond donors (Lipinski definition) is 1. The smallest absolute Gasteiger partial charge is 0.225 e. The first-order valence-corrected chi connectivity index (χ1v) is 11.5. The minimum atomic E-state index is -0.0205. The van der Waals surface area contributed by atoms with E-state index < -0.39 is 0 Å². The molecule has 1 amide bonds. The third-order valence-electron chi connectivity index (χ3n) is 5.61. The predicted molar refractivity (Wildman–Crippen MR) is 123 cm³/mol. The topological polar surface area (TPSA) is 54.5 Å². The summed E-state index contributed by atoms with van der Waals surface area (Å²) in [6.45, 7) is 8.99. The molecule has 158 valence electrons. The molecular weight excluding hydrogens is 394 g/mol.